The van der Waals surface area contributed by atoms with Crippen LogP contribution in [0, 0.1) is 5.41 Å². The molecule has 0 aliphatic rings. The molecule has 0 atom stereocenters. The van der Waals surface area contributed by atoms with Gasteiger partial charge in [-0.2, -0.15) is 0 Å². The lowest BCUT2D eigenvalue weighted by molar-refractivity contribution is 0.824. The zero-order chi connectivity index (χ0) is 7.56. The average Bonchev–Trinajstić information content (AvgIpc) is 1.88. The van der Waals surface area contributed by atoms with Crippen molar-refractivity contribution < 1.29 is 5.48 Å². The second-order valence-electron chi connectivity index (χ2n) is 2.04. The van der Waals surface area contributed by atoms with Gasteiger partial charge in [-0.1, -0.05) is 12.1 Å². The second kappa shape index (κ2) is 7.67. The number of rotatable bonds is 1. The van der Waals surface area contributed by atoms with Crippen molar-refractivity contribution >= 4 is 36.3 Å². The monoisotopic (exact) mass is 225 g/mol. The van der Waals surface area contributed by atoms with Gasteiger partial charge >= 0.3 is 0 Å². The van der Waals surface area contributed by atoms with Gasteiger partial charge in [0, 0.05) is 11.3 Å². The van der Waals surface area contributed by atoms with Crippen LogP contribution in [0.3, 0.4) is 0 Å². The maximum atomic E-state index is 7.05. The Labute approximate surface area is 88.9 Å². The van der Waals surface area contributed by atoms with E-state index >= 15 is 0 Å². The van der Waals surface area contributed by atoms with Crippen LogP contribution in [-0.4, -0.2) is 11.3 Å². The number of amidine groups is 1. The fourth-order valence-electron chi connectivity index (χ4n) is 0.706. The van der Waals surface area contributed by atoms with Gasteiger partial charge < -0.3 is 16.9 Å². The Morgan fingerprint density at radius 3 is 2.08 bits per heavy atom. The fraction of sp³-hybridized carbons (Fsp3) is 0. The van der Waals surface area contributed by atoms with Crippen molar-refractivity contribution in [3.63, 3.8) is 0 Å². The van der Waals surface area contributed by atoms with Crippen LogP contribution in [-0.2, 0) is 0 Å². The number of halogens is 2. The van der Waals surface area contributed by atoms with Crippen molar-refractivity contribution in [1.29, 1.82) is 5.41 Å². The third-order valence-electron chi connectivity index (χ3n) is 1.20. The Bertz CT molecular complexity index is 268. The number of benzene rings is 1. The van der Waals surface area contributed by atoms with Crippen LogP contribution in [0.1, 0.15) is 5.56 Å². The molecule has 0 unspecified atom stereocenters. The molecule has 7 N–H and O–H groups in total. The molecule has 4 nitrogen and oxygen atoms in total. The Balaban J connectivity index is -0.000000333. The highest BCUT2D eigenvalue weighted by Gasteiger charge is 1.93. The van der Waals surface area contributed by atoms with Crippen LogP contribution in [0.15, 0.2) is 24.3 Å². The molecule has 0 saturated heterocycles. The van der Waals surface area contributed by atoms with E-state index in [-0.39, 0.29) is 36.1 Å². The first-order chi connectivity index (χ1) is 4.70. The summed E-state index contributed by atoms with van der Waals surface area (Å²) < 4.78 is 0. The molecule has 0 aliphatic heterocycles. The molecule has 0 fully saturated rings. The minimum atomic E-state index is 0. The summed E-state index contributed by atoms with van der Waals surface area (Å²) in [7, 11) is 0. The minimum Gasteiger partial charge on any atom is -0.412 e. The van der Waals surface area contributed by atoms with Gasteiger partial charge in [0.25, 0.3) is 0 Å². The standard InChI is InChI=1S/C7H9N3.2ClH.H2O/c8-6-3-1-2-5(4-6)7(9)10;;;/h1-4H,8H2,(H3,9,10);2*1H;1H2. The molecule has 0 aliphatic carbocycles. The molecule has 0 aromatic heterocycles. The summed E-state index contributed by atoms with van der Waals surface area (Å²) >= 11 is 0. The zero-order valence-corrected chi connectivity index (χ0v) is 8.41. The van der Waals surface area contributed by atoms with Crippen LogP contribution >= 0.6 is 24.8 Å². The van der Waals surface area contributed by atoms with Crippen molar-refractivity contribution in [2.24, 2.45) is 5.73 Å². The Kier molecular flexibility index (Phi) is 10.6. The quantitative estimate of drug-likeness (QED) is 0.369. The highest BCUT2D eigenvalue weighted by atomic mass is 35.5. The topological polar surface area (TPSA) is 107 Å². The van der Waals surface area contributed by atoms with E-state index in [0.29, 0.717) is 11.3 Å². The molecule has 1 aromatic rings. The zero-order valence-electron chi connectivity index (χ0n) is 6.78. The molecule has 13 heavy (non-hydrogen) atoms. The number of nitrogens with two attached hydrogens (primary N) is 2. The Morgan fingerprint density at radius 1 is 1.23 bits per heavy atom. The molecule has 76 valence electrons. The first kappa shape index (κ1) is 17.9. The predicted octanol–water partition coefficient (Wildman–Crippen LogP) is 0.572. The van der Waals surface area contributed by atoms with E-state index in [2.05, 4.69) is 0 Å². The molecule has 0 saturated carbocycles. The third-order valence-corrected chi connectivity index (χ3v) is 1.20. The van der Waals surface area contributed by atoms with Crippen molar-refractivity contribution in [2.75, 3.05) is 5.73 Å². The predicted molar refractivity (Wildman–Crippen MR) is 60.0 cm³/mol. The molecule has 0 bridgehead atoms. The van der Waals surface area contributed by atoms with Crippen molar-refractivity contribution in [3.05, 3.63) is 29.8 Å². The normalized spacial score (nSPS) is 7.08. The number of nitrogens with one attached hydrogen (secondary N) is 1. The highest BCUT2D eigenvalue weighted by molar-refractivity contribution is 5.95. The molecule has 0 radical (unpaired) electrons. The summed E-state index contributed by atoms with van der Waals surface area (Å²) in [5.41, 5.74) is 12.0. The van der Waals surface area contributed by atoms with Crippen LogP contribution < -0.4 is 11.5 Å². The molecule has 0 spiro atoms. The van der Waals surface area contributed by atoms with E-state index in [9.17, 15) is 0 Å². The maximum absolute atomic E-state index is 7.05. The van der Waals surface area contributed by atoms with Gasteiger partial charge in [0.05, 0.1) is 0 Å². The van der Waals surface area contributed by atoms with Crippen LogP contribution in [0.25, 0.3) is 0 Å². The SMILES string of the molecule is Cl.Cl.N=C(N)c1cccc(N)c1.O. The first-order valence-electron chi connectivity index (χ1n) is 2.90. The van der Waals surface area contributed by atoms with E-state index in [1.807, 2.05) is 0 Å². The minimum absolute atomic E-state index is 0. The molecule has 0 heterocycles. The summed E-state index contributed by atoms with van der Waals surface area (Å²) in [6.45, 7) is 0. The van der Waals surface area contributed by atoms with Gasteiger partial charge in [-0.05, 0) is 12.1 Å². The number of hydrogen-bond donors (Lipinski definition) is 3. The van der Waals surface area contributed by atoms with Gasteiger partial charge in [0.1, 0.15) is 5.84 Å². The summed E-state index contributed by atoms with van der Waals surface area (Å²) in [6, 6.07) is 6.94. The molecule has 1 aromatic carbocycles. The molecule has 1 rings (SSSR count). The van der Waals surface area contributed by atoms with Gasteiger partial charge in [-0.15, -0.1) is 24.8 Å². The van der Waals surface area contributed by atoms with Crippen molar-refractivity contribution in [1.82, 2.24) is 0 Å². The molecular formula is C7H13Cl2N3O. The Hall–Kier alpha value is -0.970. The lowest BCUT2D eigenvalue weighted by Gasteiger charge is -1.97. The number of nitrogen functional groups attached to an aromatic ring is 2. The van der Waals surface area contributed by atoms with E-state index in [0.717, 1.165) is 0 Å². The molecule has 6 heteroatoms. The van der Waals surface area contributed by atoms with E-state index < -0.39 is 0 Å². The van der Waals surface area contributed by atoms with Crippen LogP contribution in [0.5, 0.6) is 0 Å². The van der Waals surface area contributed by atoms with E-state index in [4.69, 9.17) is 16.9 Å². The summed E-state index contributed by atoms with van der Waals surface area (Å²) in [5.74, 6) is 0.0484. The average molecular weight is 226 g/mol. The highest BCUT2D eigenvalue weighted by Crippen LogP contribution is 2.04. The van der Waals surface area contributed by atoms with E-state index in [1.165, 1.54) is 0 Å². The smallest absolute Gasteiger partial charge is 0.122 e. The summed E-state index contributed by atoms with van der Waals surface area (Å²) in [5, 5.41) is 7.05. The van der Waals surface area contributed by atoms with Gasteiger partial charge in [0.15, 0.2) is 0 Å². The number of hydrogen-bond acceptors (Lipinski definition) is 2. The largest absolute Gasteiger partial charge is 0.412 e. The molecular weight excluding hydrogens is 213 g/mol. The summed E-state index contributed by atoms with van der Waals surface area (Å²) in [4.78, 5) is 0. The van der Waals surface area contributed by atoms with Gasteiger partial charge in [-0.3, -0.25) is 5.41 Å². The third kappa shape index (κ3) is 5.30. The second-order valence-corrected chi connectivity index (χ2v) is 2.04. The lowest BCUT2D eigenvalue weighted by atomic mass is 10.2. The lowest BCUT2D eigenvalue weighted by Crippen LogP contribution is -2.10. The van der Waals surface area contributed by atoms with Crippen LogP contribution in [0.4, 0.5) is 5.69 Å². The van der Waals surface area contributed by atoms with Gasteiger partial charge in [-0.25, -0.2) is 0 Å². The van der Waals surface area contributed by atoms with E-state index in [1.54, 1.807) is 24.3 Å². The molecule has 0 amide bonds. The van der Waals surface area contributed by atoms with Crippen LogP contribution in [0.2, 0.25) is 0 Å². The fourth-order valence-corrected chi connectivity index (χ4v) is 0.706. The first-order valence-corrected chi connectivity index (χ1v) is 2.90. The van der Waals surface area contributed by atoms with Crippen molar-refractivity contribution in [2.45, 2.75) is 0 Å². The van der Waals surface area contributed by atoms with Crippen molar-refractivity contribution in [3.8, 4) is 0 Å². The Morgan fingerprint density at radius 2 is 1.77 bits per heavy atom. The number of anilines is 1. The van der Waals surface area contributed by atoms with Gasteiger partial charge in [0.2, 0.25) is 0 Å². The maximum Gasteiger partial charge on any atom is 0.122 e. The summed E-state index contributed by atoms with van der Waals surface area (Å²) in [6.07, 6.45) is 0.